The summed E-state index contributed by atoms with van der Waals surface area (Å²) in [5.41, 5.74) is 0.744. The zero-order chi connectivity index (χ0) is 23.8. The topological polar surface area (TPSA) is 102 Å². The number of para-hydroxylation sites is 1. The van der Waals surface area contributed by atoms with Gasteiger partial charge in [0.1, 0.15) is 12.3 Å². The van der Waals surface area contributed by atoms with E-state index >= 15 is 0 Å². The van der Waals surface area contributed by atoms with Gasteiger partial charge in [0.25, 0.3) is 0 Å². The minimum Gasteiger partial charge on any atom is -0.408 e. The van der Waals surface area contributed by atoms with Crippen molar-refractivity contribution >= 4 is 41.0 Å². The van der Waals surface area contributed by atoms with Gasteiger partial charge in [-0.2, -0.15) is 0 Å². The Bertz CT molecular complexity index is 1170. The molecule has 8 nitrogen and oxygen atoms in total. The standard InChI is InChI=1S/C24H19ClN2O6/c1-16(28)33-27(24(31)32-19-10-6-3-7-11-19)15-22(29)26-21-13-12-18(25)14-20(21)23(30)17-8-4-2-5-9-17/h2-14H,15H2,1H3,(H,26,29). The van der Waals surface area contributed by atoms with E-state index < -0.39 is 24.5 Å². The number of hydrogen-bond donors (Lipinski definition) is 1. The molecule has 168 valence electrons. The Hall–Kier alpha value is -4.17. The summed E-state index contributed by atoms with van der Waals surface area (Å²) in [5, 5.41) is 3.34. The summed E-state index contributed by atoms with van der Waals surface area (Å²) in [6.07, 6.45) is -1.07. The van der Waals surface area contributed by atoms with Crippen molar-refractivity contribution < 1.29 is 28.8 Å². The Morgan fingerprint density at radius 3 is 2.18 bits per heavy atom. The number of carbonyl (C=O) groups excluding carboxylic acids is 4. The Kier molecular flexibility index (Phi) is 7.77. The number of hydrogen-bond acceptors (Lipinski definition) is 6. The van der Waals surface area contributed by atoms with Crippen molar-refractivity contribution in [3.63, 3.8) is 0 Å². The fourth-order valence-electron chi connectivity index (χ4n) is 2.81. The molecule has 0 saturated heterocycles. The van der Waals surface area contributed by atoms with Crippen LogP contribution in [0, 0.1) is 0 Å². The van der Waals surface area contributed by atoms with Gasteiger partial charge in [-0.05, 0) is 30.3 Å². The number of halogens is 1. The lowest BCUT2D eigenvalue weighted by Crippen LogP contribution is -2.40. The fraction of sp³-hybridized carbons (Fsp3) is 0.0833. The van der Waals surface area contributed by atoms with Crippen LogP contribution < -0.4 is 10.1 Å². The molecule has 3 aromatic carbocycles. The molecule has 0 radical (unpaired) electrons. The fourth-order valence-corrected chi connectivity index (χ4v) is 2.98. The first-order chi connectivity index (χ1) is 15.8. The largest absolute Gasteiger partial charge is 0.449 e. The van der Waals surface area contributed by atoms with Gasteiger partial charge >= 0.3 is 12.1 Å². The minimum absolute atomic E-state index is 0.160. The normalized spacial score (nSPS) is 10.1. The predicted molar refractivity (Wildman–Crippen MR) is 121 cm³/mol. The Morgan fingerprint density at radius 2 is 1.55 bits per heavy atom. The van der Waals surface area contributed by atoms with Gasteiger partial charge < -0.3 is 14.9 Å². The second-order valence-corrected chi connectivity index (χ2v) is 7.17. The third-order valence-corrected chi connectivity index (χ3v) is 4.45. The second-order valence-electron chi connectivity index (χ2n) is 6.73. The minimum atomic E-state index is -1.07. The lowest BCUT2D eigenvalue weighted by Gasteiger charge is -2.20. The molecule has 3 aromatic rings. The first-order valence-electron chi connectivity index (χ1n) is 9.75. The van der Waals surface area contributed by atoms with E-state index in [1.54, 1.807) is 48.5 Å². The Morgan fingerprint density at radius 1 is 0.909 bits per heavy atom. The second kappa shape index (κ2) is 10.9. The van der Waals surface area contributed by atoms with Crippen molar-refractivity contribution in [2.45, 2.75) is 6.92 Å². The van der Waals surface area contributed by atoms with Crippen molar-refractivity contribution in [1.82, 2.24) is 5.06 Å². The number of ketones is 1. The van der Waals surface area contributed by atoms with Crippen LogP contribution in [0.1, 0.15) is 22.8 Å². The van der Waals surface area contributed by atoms with Gasteiger partial charge in [0.15, 0.2) is 5.78 Å². The van der Waals surface area contributed by atoms with Crippen LogP contribution in [0.4, 0.5) is 10.5 Å². The van der Waals surface area contributed by atoms with Gasteiger partial charge in [-0.25, -0.2) is 4.79 Å². The molecule has 2 amide bonds. The van der Waals surface area contributed by atoms with Gasteiger partial charge in [-0.1, -0.05) is 60.1 Å². The molecule has 0 unspecified atom stereocenters. The summed E-state index contributed by atoms with van der Waals surface area (Å²) in [4.78, 5) is 54.2. The highest BCUT2D eigenvalue weighted by atomic mass is 35.5. The van der Waals surface area contributed by atoms with Crippen LogP contribution in [0.2, 0.25) is 5.02 Å². The molecule has 0 fully saturated rings. The van der Waals surface area contributed by atoms with Crippen LogP contribution in [0.15, 0.2) is 78.9 Å². The molecule has 0 saturated carbocycles. The molecular weight excluding hydrogens is 448 g/mol. The number of ether oxygens (including phenoxy) is 1. The molecule has 3 rings (SSSR count). The zero-order valence-electron chi connectivity index (χ0n) is 17.5. The Labute approximate surface area is 194 Å². The number of amides is 2. The molecule has 0 aliphatic carbocycles. The SMILES string of the molecule is CC(=O)ON(CC(=O)Nc1ccc(Cl)cc1C(=O)c1ccccc1)C(=O)Oc1ccccc1. The smallest absolute Gasteiger partial charge is 0.408 e. The molecule has 0 bridgehead atoms. The van der Waals surface area contributed by atoms with Crippen LogP contribution in [0.3, 0.4) is 0 Å². The number of hydroxylamine groups is 2. The van der Waals surface area contributed by atoms with Crippen LogP contribution in [0.25, 0.3) is 0 Å². The lowest BCUT2D eigenvalue weighted by molar-refractivity contribution is -0.177. The molecule has 0 atom stereocenters. The first-order valence-corrected chi connectivity index (χ1v) is 10.1. The summed E-state index contributed by atoms with van der Waals surface area (Å²) < 4.78 is 5.12. The van der Waals surface area contributed by atoms with E-state index in [2.05, 4.69) is 5.32 Å². The third-order valence-electron chi connectivity index (χ3n) is 4.21. The highest BCUT2D eigenvalue weighted by Gasteiger charge is 2.24. The molecule has 0 aromatic heterocycles. The van der Waals surface area contributed by atoms with Crippen molar-refractivity contribution in [3.8, 4) is 5.75 Å². The number of nitrogens with one attached hydrogen (secondary N) is 1. The van der Waals surface area contributed by atoms with E-state index in [1.165, 1.54) is 30.3 Å². The van der Waals surface area contributed by atoms with Crippen molar-refractivity contribution in [2.24, 2.45) is 0 Å². The highest BCUT2D eigenvalue weighted by molar-refractivity contribution is 6.31. The van der Waals surface area contributed by atoms with Crippen molar-refractivity contribution in [2.75, 3.05) is 11.9 Å². The lowest BCUT2D eigenvalue weighted by atomic mass is 10.0. The molecule has 0 aliphatic heterocycles. The van der Waals surface area contributed by atoms with Crippen LogP contribution in [-0.2, 0) is 14.4 Å². The average molecular weight is 467 g/mol. The van der Waals surface area contributed by atoms with Gasteiger partial charge in [0.2, 0.25) is 5.91 Å². The summed E-state index contributed by atoms with van der Waals surface area (Å²) in [6.45, 7) is 0.406. The van der Waals surface area contributed by atoms with Gasteiger partial charge in [-0.15, -0.1) is 5.06 Å². The maximum Gasteiger partial charge on any atom is 0.449 e. The van der Waals surface area contributed by atoms with E-state index in [4.69, 9.17) is 21.2 Å². The third kappa shape index (κ3) is 6.65. The molecule has 0 spiro atoms. The number of anilines is 1. The first kappa shape index (κ1) is 23.5. The monoisotopic (exact) mass is 466 g/mol. The number of nitrogens with zero attached hydrogens (tertiary/aromatic N) is 1. The molecule has 9 heteroatoms. The van der Waals surface area contributed by atoms with Crippen LogP contribution >= 0.6 is 11.6 Å². The zero-order valence-corrected chi connectivity index (χ0v) is 18.2. The summed E-state index contributed by atoms with van der Waals surface area (Å²) >= 11 is 6.05. The number of carbonyl (C=O) groups is 4. The van der Waals surface area contributed by atoms with Crippen molar-refractivity contribution in [1.29, 1.82) is 0 Å². The maximum atomic E-state index is 12.9. The van der Waals surface area contributed by atoms with Crippen LogP contribution in [0.5, 0.6) is 5.75 Å². The molecule has 0 heterocycles. The predicted octanol–water partition coefficient (Wildman–Crippen LogP) is 4.49. The maximum absolute atomic E-state index is 12.9. The highest BCUT2D eigenvalue weighted by Crippen LogP contribution is 2.24. The Balaban J connectivity index is 1.77. The molecule has 1 N–H and O–H groups in total. The summed E-state index contributed by atoms with van der Waals surface area (Å²) in [5.74, 6) is -1.70. The van der Waals surface area contributed by atoms with Gasteiger partial charge in [0, 0.05) is 23.1 Å². The number of benzene rings is 3. The van der Waals surface area contributed by atoms with E-state index in [0.29, 0.717) is 15.6 Å². The van der Waals surface area contributed by atoms with Crippen molar-refractivity contribution in [3.05, 3.63) is 95.0 Å². The van der Waals surface area contributed by atoms with Gasteiger partial charge in [-0.3, -0.25) is 14.4 Å². The van der Waals surface area contributed by atoms with E-state index in [1.807, 2.05) is 0 Å². The van der Waals surface area contributed by atoms with E-state index in [-0.39, 0.29) is 22.8 Å². The van der Waals surface area contributed by atoms with Gasteiger partial charge in [0.05, 0.1) is 5.69 Å². The summed E-state index contributed by atoms with van der Waals surface area (Å²) in [6, 6.07) is 21.0. The van der Waals surface area contributed by atoms with E-state index in [0.717, 1.165) is 6.92 Å². The van der Waals surface area contributed by atoms with Crippen LogP contribution in [-0.4, -0.2) is 35.4 Å². The van der Waals surface area contributed by atoms with E-state index in [9.17, 15) is 19.2 Å². The number of rotatable bonds is 6. The quantitative estimate of drug-likeness (QED) is 0.424. The average Bonchev–Trinajstić information content (AvgIpc) is 2.80. The summed E-state index contributed by atoms with van der Waals surface area (Å²) in [7, 11) is 0. The molecule has 0 aliphatic rings. The molecule has 33 heavy (non-hydrogen) atoms. The molecular formula is C24H19ClN2O6.